The highest BCUT2D eigenvalue weighted by Gasteiger charge is 2.46. The summed E-state index contributed by atoms with van der Waals surface area (Å²) in [5.41, 5.74) is 5.17. The second kappa shape index (κ2) is 10.4. The number of rotatable bonds is 10. The maximum atomic E-state index is 15.3. The quantitative estimate of drug-likeness (QED) is 0.267. The number of halogens is 1. The molecule has 1 aromatic rings. The van der Waals surface area contributed by atoms with Gasteiger partial charge in [0.25, 0.3) is 0 Å². The van der Waals surface area contributed by atoms with Crippen LogP contribution in [0.25, 0.3) is 0 Å². The number of hydrazine groups is 1. The minimum atomic E-state index is -0.618. The van der Waals surface area contributed by atoms with Gasteiger partial charge in [0.2, 0.25) is 18.1 Å². The van der Waals surface area contributed by atoms with E-state index in [0.29, 0.717) is 36.3 Å². The van der Waals surface area contributed by atoms with Crippen LogP contribution in [0.1, 0.15) is 57.7 Å². The van der Waals surface area contributed by atoms with Gasteiger partial charge in [0.05, 0.1) is 18.0 Å². The van der Waals surface area contributed by atoms with Crippen molar-refractivity contribution in [1.82, 2.24) is 25.4 Å². The number of hydroxylamine groups is 2. The topological polar surface area (TPSA) is 114 Å². The van der Waals surface area contributed by atoms with Gasteiger partial charge in [0, 0.05) is 13.1 Å². The van der Waals surface area contributed by atoms with Crippen LogP contribution >= 0.6 is 0 Å². The zero-order chi connectivity index (χ0) is 24.3. The highest BCUT2D eigenvalue weighted by molar-refractivity contribution is 5.80. The molecule has 1 aliphatic carbocycles. The molecule has 34 heavy (non-hydrogen) atoms. The highest BCUT2D eigenvalue weighted by Crippen LogP contribution is 2.35. The van der Waals surface area contributed by atoms with Crippen LogP contribution in [0.15, 0.2) is 0 Å². The van der Waals surface area contributed by atoms with E-state index in [1.807, 2.05) is 4.90 Å². The standard InChI is InChI=1S/C23H36FN7O3/c1-16-25-20(19(24)21(26-16)29-13-23(2,14-29)30-9-5-6-10-30)27-28-22(33)18(12-31(34)15-32)11-17-7-3-4-8-17/h15,17-18,34H,3-14H2,1-2H3,(H,28,33)(H,25,26,27)/t18-/m0/s1. The molecule has 3 heterocycles. The van der Waals surface area contributed by atoms with Crippen molar-refractivity contribution in [3.8, 4) is 0 Å². The van der Waals surface area contributed by atoms with Crippen molar-refractivity contribution in [1.29, 1.82) is 0 Å². The molecule has 3 N–H and O–H groups in total. The maximum absolute atomic E-state index is 15.3. The molecule has 1 aromatic heterocycles. The zero-order valence-corrected chi connectivity index (χ0v) is 20.1. The fraction of sp³-hybridized carbons (Fsp3) is 0.739. The molecule has 0 unspecified atom stereocenters. The summed E-state index contributed by atoms with van der Waals surface area (Å²) in [6.07, 6.45) is 7.53. The Kier molecular flexibility index (Phi) is 7.51. The Hall–Kier alpha value is -2.53. The van der Waals surface area contributed by atoms with Crippen molar-refractivity contribution in [2.24, 2.45) is 11.8 Å². The van der Waals surface area contributed by atoms with Gasteiger partial charge in [-0.3, -0.25) is 30.5 Å². The first-order chi connectivity index (χ1) is 16.3. The van der Waals surface area contributed by atoms with Gasteiger partial charge in [-0.05, 0) is 52.1 Å². The summed E-state index contributed by atoms with van der Waals surface area (Å²) in [5, 5.41) is 10.1. The highest BCUT2D eigenvalue weighted by atomic mass is 19.1. The number of nitrogens with zero attached hydrogens (tertiary/aromatic N) is 5. The van der Waals surface area contributed by atoms with Crippen molar-refractivity contribution < 1.29 is 19.2 Å². The SMILES string of the molecule is Cc1nc(NNC(=O)[C@@H](CC2CCCC2)CN(O)C=O)c(F)c(N2CC(C)(N3CCCC3)C2)n1. The molecule has 0 spiro atoms. The third-order valence-corrected chi connectivity index (χ3v) is 7.47. The van der Waals surface area contributed by atoms with Gasteiger partial charge in [-0.1, -0.05) is 25.7 Å². The average molecular weight is 478 g/mol. The van der Waals surface area contributed by atoms with Gasteiger partial charge in [-0.25, -0.2) is 15.0 Å². The van der Waals surface area contributed by atoms with Crippen LogP contribution in [0.3, 0.4) is 0 Å². The Labute approximate surface area is 199 Å². The number of aromatic nitrogens is 2. The summed E-state index contributed by atoms with van der Waals surface area (Å²) in [7, 11) is 0. The van der Waals surface area contributed by atoms with E-state index in [-0.39, 0.29) is 30.1 Å². The number of likely N-dealkylation sites (tertiary alicyclic amines) is 1. The van der Waals surface area contributed by atoms with Gasteiger partial charge in [-0.2, -0.15) is 4.39 Å². The Bertz CT molecular complexity index is 884. The summed E-state index contributed by atoms with van der Waals surface area (Å²) < 4.78 is 15.3. The number of carbonyl (C=O) groups is 2. The summed E-state index contributed by atoms with van der Waals surface area (Å²) in [4.78, 5) is 36.6. The number of carbonyl (C=O) groups excluding carboxylic acids is 2. The molecule has 2 amide bonds. The number of nitrogens with one attached hydrogen (secondary N) is 2. The third-order valence-electron chi connectivity index (χ3n) is 7.47. The largest absolute Gasteiger partial charge is 0.350 e. The summed E-state index contributed by atoms with van der Waals surface area (Å²) in [6, 6.07) is 0. The Morgan fingerprint density at radius 1 is 1.26 bits per heavy atom. The predicted octanol–water partition coefficient (Wildman–Crippen LogP) is 2.09. The van der Waals surface area contributed by atoms with Gasteiger partial charge < -0.3 is 4.90 Å². The molecular weight excluding hydrogens is 441 g/mol. The molecule has 0 bridgehead atoms. The first-order valence-electron chi connectivity index (χ1n) is 12.3. The first kappa shape index (κ1) is 24.6. The van der Waals surface area contributed by atoms with E-state index in [4.69, 9.17) is 0 Å². The van der Waals surface area contributed by atoms with Crippen molar-refractivity contribution in [2.45, 2.75) is 64.3 Å². The maximum Gasteiger partial charge on any atom is 0.243 e. The lowest BCUT2D eigenvalue weighted by Gasteiger charge is -2.53. The number of amides is 2. The Morgan fingerprint density at radius 3 is 2.59 bits per heavy atom. The van der Waals surface area contributed by atoms with Crippen LogP contribution < -0.4 is 15.8 Å². The van der Waals surface area contributed by atoms with E-state index in [1.54, 1.807) is 6.92 Å². The van der Waals surface area contributed by atoms with E-state index in [0.717, 1.165) is 38.8 Å². The normalized spacial score (nSPS) is 21.2. The molecule has 1 atom stereocenters. The molecule has 1 saturated carbocycles. The van der Waals surface area contributed by atoms with Crippen LogP contribution in [0.2, 0.25) is 0 Å². The van der Waals surface area contributed by atoms with E-state index in [9.17, 15) is 14.8 Å². The molecule has 10 nitrogen and oxygen atoms in total. The predicted molar refractivity (Wildman–Crippen MR) is 125 cm³/mol. The van der Waals surface area contributed by atoms with Crippen molar-refractivity contribution in [3.05, 3.63) is 11.6 Å². The molecule has 4 rings (SSSR count). The lowest BCUT2D eigenvalue weighted by atomic mass is 9.90. The van der Waals surface area contributed by atoms with E-state index < -0.39 is 17.6 Å². The number of hydrogen-bond donors (Lipinski definition) is 3. The van der Waals surface area contributed by atoms with E-state index >= 15 is 4.39 Å². The van der Waals surface area contributed by atoms with Gasteiger partial charge >= 0.3 is 0 Å². The minimum absolute atomic E-state index is 0.0197. The molecule has 3 aliphatic rings. The van der Waals surface area contributed by atoms with Crippen LogP contribution in [0, 0.1) is 24.6 Å². The smallest absolute Gasteiger partial charge is 0.243 e. The molecular formula is C23H36FN7O3. The fourth-order valence-corrected chi connectivity index (χ4v) is 5.62. The van der Waals surface area contributed by atoms with Crippen molar-refractivity contribution in [3.63, 3.8) is 0 Å². The minimum Gasteiger partial charge on any atom is -0.350 e. The molecule has 2 aliphatic heterocycles. The second-order valence-electron chi connectivity index (χ2n) is 10.2. The Morgan fingerprint density at radius 2 is 1.94 bits per heavy atom. The number of aryl methyl sites for hydroxylation is 1. The third kappa shape index (κ3) is 5.41. The number of hydrogen-bond acceptors (Lipinski definition) is 8. The molecule has 3 fully saturated rings. The summed E-state index contributed by atoms with van der Waals surface area (Å²) in [5.74, 6) is -0.751. The van der Waals surface area contributed by atoms with Crippen LogP contribution in [-0.4, -0.2) is 75.7 Å². The van der Waals surface area contributed by atoms with Gasteiger partial charge in [0.15, 0.2) is 11.6 Å². The fourth-order valence-electron chi connectivity index (χ4n) is 5.62. The molecule has 0 radical (unpaired) electrons. The lowest BCUT2D eigenvalue weighted by molar-refractivity contribution is -0.154. The molecule has 11 heteroatoms. The Balaban J connectivity index is 1.40. The van der Waals surface area contributed by atoms with E-state index in [2.05, 4.69) is 32.6 Å². The van der Waals surface area contributed by atoms with Crippen LogP contribution in [-0.2, 0) is 9.59 Å². The van der Waals surface area contributed by atoms with E-state index in [1.165, 1.54) is 12.8 Å². The summed E-state index contributed by atoms with van der Waals surface area (Å²) >= 11 is 0. The zero-order valence-electron chi connectivity index (χ0n) is 20.1. The monoisotopic (exact) mass is 477 g/mol. The van der Waals surface area contributed by atoms with Gasteiger partial charge in [0.1, 0.15) is 5.82 Å². The summed E-state index contributed by atoms with van der Waals surface area (Å²) in [6.45, 7) is 7.30. The van der Waals surface area contributed by atoms with Crippen LogP contribution in [0.5, 0.6) is 0 Å². The average Bonchev–Trinajstić information content (AvgIpc) is 3.51. The van der Waals surface area contributed by atoms with Crippen LogP contribution in [0.4, 0.5) is 16.0 Å². The van der Waals surface area contributed by atoms with Gasteiger partial charge in [-0.15, -0.1) is 0 Å². The molecule has 0 aromatic carbocycles. The van der Waals surface area contributed by atoms with Crippen molar-refractivity contribution in [2.75, 3.05) is 43.0 Å². The molecule has 2 saturated heterocycles. The first-order valence-corrected chi connectivity index (χ1v) is 12.3. The second-order valence-corrected chi connectivity index (χ2v) is 10.2. The number of anilines is 2. The lowest BCUT2D eigenvalue weighted by Crippen LogP contribution is -2.68. The molecule has 188 valence electrons. The van der Waals surface area contributed by atoms with Crippen molar-refractivity contribution >= 4 is 24.0 Å².